The summed E-state index contributed by atoms with van der Waals surface area (Å²) in [6.07, 6.45) is 3.71. The van der Waals surface area contributed by atoms with Crippen molar-refractivity contribution in [3.8, 4) is 0 Å². The lowest BCUT2D eigenvalue weighted by Crippen LogP contribution is -2.34. The van der Waals surface area contributed by atoms with Gasteiger partial charge >= 0.3 is 11.9 Å². The highest BCUT2D eigenvalue weighted by atomic mass is 16.4. The van der Waals surface area contributed by atoms with E-state index in [0.29, 0.717) is 0 Å². The van der Waals surface area contributed by atoms with Crippen LogP contribution in [-0.2, 0) is 9.59 Å². The molecule has 0 saturated heterocycles. The van der Waals surface area contributed by atoms with E-state index in [1.54, 1.807) is 6.08 Å². The maximum Gasteiger partial charge on any atom is 0.320 e. The Kier molecular flexibility index (Phi) is 5.75. The highest BCUT2D eigenvalue weighted by Gasteiger charge is 2.23. The van der Waals surface area contributed by atoms with E-state index in [1.165, 1.54) is 0 Å². The minimum absolute atomic E-state index is 0.0796. The van der Waals surface area contributed by atoms with Gasteiger partial charge in [0.1, 0.15) is 6.04 Å². The fraction of sp³-hybridized carbons (Fsp3) is 0.286. The van der Waals surface area contributed by atoms with E-state index in [0.717, 1.165) is 5.56 Å². The van der Waals surface area contributed by atoms with Crippen molar-refractivity contribution in [2.45, 2.75) is 18.9 Å². The fourth-order valence-electron chi connectivity index (χ4n) is 1.64. The highest BCUT2D eigenvalue weighted by molar-refractivity contribution is 5.76. The first-order valence-electron chi connectivity index (χ1n) is 5.93. The van der Waals surface area contributed by atoms with Gasteiger partial charge in [-0.05, 0) is 18.4 Å². The predicted octanol–water partition coefficient (Wildman–Crippen LogP) is 1.59. The summed E-state index contributed by atoms with van der Waals surface area (Å²) in [5.74, 6) is -3.00. The first-order chi connectivity index (χ1) is 9.00. The van der Waals surface area contributed by atoms with Crippen molar-refractivity contribution in [3.05, 3.63) is 42.0 Å². The Morgan fingerprint density at radius 2 is 1.79 bits per heavy atom. The molecule has 0 fully saturated rings. The number of hydrogen-bond donors (Lipinski definition) is 3. The van der Waals surface area contributed by atoms with Crippen LogP contribution in [0.2, 0.25) is 0 Å². The molecule has 0 aliphatic heterocycles. The van der Waals surface area contributed by atoms with E-state index >= 15 is 0 Å². The quantitative estimate of drug-likeness (QED) is 0.693. The van der Waals surface area contributed by atoms with Crippen LogP contribution in [0.3, 0.4) is 0 Å². The average molecular weight is 263 g/mol. The van der Waals surface area contributed by atoms with Gasteiger partial charge < -0.3 is 15.9 Å². The van der Waals surface area contributed by atoms with Gasteiger partial charge in [-0.3, -0.25) is 9.59 Å². The Morgan fingerprint density at radius 1 is 1.16 bits per heavy atom. The number of carbonyl (C=O) groups is 2. The lowest BCUT2D eigenvalue weighted by molar-refractivity contribution is -0.143. The molecule has 19 heavy (non-hydrogen) atoms. The van der Waals surface area contributed by atoms with Crippen LogP contribution in [-0.4, -0.2) is 28.2 Å². The lowest BCUT2D eigenvalue weighted by Gasteiger charge is -2.12. The summed E-state index contributed by atoms with van der Waals surface area (Å²) in [5, 5.41) is 17.7. The van der Waals surface area contributed by atoms with Gasteiger partial charge in [-0.2, -0.15) is 0 Å². The predicted molar refractivity (Wildman–Crippen MR) is 71.4 cm³/mol. The molecule has 2 atom stereocenters. The van der Waals surface area contributed by atoms with Gasteiger partial charge in [-0.15, -0.1) is 0 Å². The van der Waals surface area contributed by atoms with Crippen LogP contribution in [0.15, 0.2) is 36.4 Å². The standard InChI is InChI=1S/C14H17NO4/c15-12(14(18)19)9-11(13(16)17)8-4-7-10-5-2-1-3-6-10/h1-7,11-12H,8-9,15H2,(H,16,17)(H,18,19)/b7-4+/t11-,12+/m1/s1. The number of rotatable bonds is 7. The molecule has 0 heterocycles. The summed E-state index contributed by atoms with van der Waals surface area (Å²) < 4.78 is 0. The van der Waals surface area contributed by atoms with Gasteiger partial charge in [0.25, 0.3) is 0 Å². The molecule has 1 rings (SSSR count). The van der Waals surface area contributed by atoms with Crippen molar-refractivity contribution in [2.75, 3.05) is 0 Å². The van der Waals surface area contributed by atoms with Crippen molar-refractivity contribution in [1.29, 1.82) is 0 Å². The molecule has 4 N–H and O–H groups in total. The van der Waals surface area contributed by atoms with Crippen molar-refractivity contribution in [1.82, 2.24) is 0 Å². The molecule has 0 unspecified atom stereocenters. The number of benzene rings is 1. The van der Waals surface area contributed by atoms with Crippen molar-refractivity contribution in [3.63, 3.8) is 0 Å². The number of allylic oxidation sites excluding steroid dienone is 1. The highest BCUT2D eigenvalue weighted by Crippen LogP contribution is 2.13. The van der Waals surface area contributed by atoms with E-state index in [2.05, 4.69) is 0 Å². The zero-order chi connectivity index (χ0) is 14.3. The van der Waals surface area contributed by atoms with Gasteiger partial charge in [0, 0.05) is 0 Å². The molecule has 1 aromatic rings. The molecule has 0 aromatic heterocycles. The molecule has 5 heteroatoms. The maximum atomic E-state index is 11.0. The van der Waals surface area contributed by atoms with E-state index in [-0.39, 0.29) is 12.8 Å². The summed E-state index contributed by atoms with van der Waals surface area (Å²) in [6, 6.07) is 8.31. The molecular formula is C14H17NO4. The largest absolute Gasteiger partial charge is 0.481 e. The van der Waals surface area contributed by atoms with Gasteiger partial charge in [0.05, 0.1) is 5.92 Å². The van der Waals surface area contributed by atoms with Crippen LogP contribution < -0.4 is 5.73 Å². The Balaban J connectivity index is 2.57. The minimum atomic E-state index is -1.18. The van der Waals surface area contributed by atoms with E-state index in [1.807, 2.05) is 36.4 Å². The zero-order valence-electron chi connectivity index (χ0n) is 10.4. The van der Waals surface area contributed by atoms with Crippen LogP contribution in [0.1, 0.15) is 18.4 Å². The van der Waals surface area contributed by atoms with Crippen molar-refractivity contribution >= 4 is 18.0 Å². The van der Waals surface area contributed by atoms with Crippen LogP contribution in [0.5, 0.6) is 0 Å². The molecule has 5 nitrogen and oxygen atoms in total. The van der Waals surface area contributed by atoms with Crippen LogP contribution in [0, 0.1) is 5.92 Å². The topological polar surface area (TPSA) is 101 Å². The first-order valence-corrected chi connectivity index (χ1v) is 5.93. The Bertz CT molecular complexity index is 456. The molecule has 0 spiro atoms. The molecule has 0 amide bonds. The number of aliphatic carboxylic acids is 2. The second kappa shape index (κ2) is 7.33. The summed E-state index contributed by atoms with van der Waals surface area (Å²) in [6.45, 7) is 0. The Labute approximate surface area is 111 Å². The normalized spacial score (nSPS) is 14.2. The van der Waals surface area contributed by atoms with Gasteiger partial charge in [0.2, 0.25) is 0 Å². The third-order valence-corrected chi connectivity index (χ3v) is 2.74. The van der Waals surface area contributed by atoms with Crippen LogP contribution in [0.4, 0.5) is 0 Å². The van der Waals surface area contributed by atoms with Gasteiger partial charge in [0.15, 0.2) is 0 Å². The Morgan fingerprint density at radius 3 is 2.32 bits per heavy atom. The van der Waals surface area contributed by atoms with Crippen molar-refractivity contribution in [2.24, 2.45) is 11.7 Å². The second-order valence-corrected chi connectivity index (χ2v) is 4.26. The minimum Gasteiger partial charge on any atom is -0.481 e. The zero-order valence-corrected chi connectivity index (χ0v) is 10.4. The van der Waals surface area contributed by atoms with Gasteiger partial charge in [-0.1, -0.05) is 42.5 Å². The summed E-state index contributed by atoms with van der Waals surface area (Å²) in [4.78, 5) is 21.6. The molecule has 0 bridgehead atoms. The fourth-order valence-corrected chi connectivity index (χ4v) is 1.64. The van der Waals surface area contributed by atoms with Crippen molar-refractivity contribution < 1.29 is 19.8 Å². The third kappa shape index (κ3) is 5.35. The molecule has 1 aromatic carbocycles. The number of hydrogen-bond acceptors (Lipinski definition) is 3. The third-order valence-electron chi connectivity index (χ3n) is 2.74. The number of nitrogens with two attached hydrogens (primary N) is 1. The number of carboxylic acid groups (broad SMARTS) is 2. The number of carboxylic acids is 2. The Hall–Kier alpha value is -2.14. The van der Waals surface area contributed by atoms with E-state index in [9.17, 15) is 9.59 Å². The smallest absolute Gasteiger partial charge is 0.320 e. The van der Waals surface area contributed by atoms with Crippen LogP contribution in [0.25, 0.3) is 6.08 Å². The molecule has 0 saturated carbocycles. The molecule has 0 aliphatic carbocycles. The summed E-state index contributed by atoms with van der Waals surface area (Å²) in [5.41, 5.74) is 6.32. The van der Waals surface area contributed by atoms with Gasteiger partial charge in [-0.25, -0.2) is 0 Å². The molecule has 0 aliphatic rings. The first kappa shape index (κ1) is 14.9. The maximum absolute atomic E-state index is 11.0. The molecular weight excluding hydrogens is 246 g/mol. The SMILES string of the molecule is N[C@@H](C[C@@H](C/C=C/c1ccccc1)C(=O)O)C(=O)O. The molecule has 102 valence electrons. The van der Waals surface area contributed by atoms with E-state index in [4.69, 9.17) is 15.9 Å². The van der Waals surface area contributed by atoms with E-state index < -0.39 is 23.9 Å². The second-order valence-electron chi connectivity index (χ2n) is 4.26. The molecule has 0 radical (unpaired) electrons. The summed E-state index contributed by atoms with van der Waals surface area (Å²) in [7, 11) is 0. The monoisotopic (exact) mass is 263 g/mol. The summed E-state index contributed by atoms with van der Waals surface area (Å²) >= 11 is 0. The lowest BCUT2D eigenvalue weighted by atomic mass is 9.96. The van der Waals surface area contributed by atoms with Crippen LogP contribution >= 0.6 is 0 Å². The average Bonchev–Trinajstić information content (AvgIpc) is 2.38.